The van der Waals surface area contributed by atoms with E-state index >= 15 is 0 Å². The van der Waals surface area contributed by atoms with Gasteiger partial charge < -0.3 is 9.64 Å². The molecule has 1 aromatic heterocycles. The summed E-state index contributed by atoms with van der Waals surface area (Å²) in [7, 11) is 1.66. The fourth-order valence-corrected chi connectivity index (χ4v) is 4.69. The van der Waals surface area contributed by atoms with Gasteiger partial charge in [-0.3, -0.25) is 0 Å². The molecule has 0 N–H and O–H groups in total. The molecule has 0 radical (unpaired) electrons. The lowest BCUT2D eigenvalue weighted by Gasteiger charge is -2.30. The van der Waals surface area contributed by atoms with Crippen molar-refractivity contribution < 1.29 is 4.74 Å². The number of hydrogen-bond acceptors (Lipinski definition) is 4. The first-order valence-electron chi connectivity index (χ1n) is 11.7. The van der Waals surface area contributed by atoms with E-state index < -0.39 is 0 Å². The highest BCUT2D eigenvalue weighted by Gasteiger charge is 2.35. The molecule has 1 unspecified atom stereocenters. The summed E-state index contributed by atoms with van der Waals surface area (Å²) in [4.78, 5) is 7.24. The summed E-state index contributed by atoms with van der Waals surface area (Å²) in [6, 6.07) is 14.6. The largest absolute Gasteiger partial charge is 0.496 e. The number of aryl methyl sites for hydroxylation is 1. The van der Waals surface area contributed by atoms with Gasteiger partial charge in [-0.25, -0.2) is 4.68 Å². The van der Waals surface area contributed by atoms with Crippen molar-refractivity contribution >= 4 is 17.5 Å². The van der Waals surface area contributed by atoms with Gasteiger partial charge >= 0.3 is 0 Å². The van der Waals surface area contributed by atoms with E-state index in [2.05, 4.69) is 41.2 Å². The lowest BCUT2D eigenvalue weighted by molar-refractivity contribution is 0.411. The van der Waals surface area contributed by atoms with Gasteiger partial charge in [-0.1, -0.05) is 60.7 Å². The van der Waals surface area contributed by atoms with E-state index in [0.29, 0.717) is 23.4 Å². The highest BCUT2D eigenvalue weighted by atomic mass is 35.5. The molecule has 2 aliphatic carbocycles. The highest BCUT2D eigenvalue weighted by Crippen LogP contribution is 2.44. The molecule has 5 nitrogen and oxygen atoms in total. The van der Waals surface area contributed by atoms with Crippen LogP contribution in [0, 0.1) is 25.2 Å². The summed E-state index contributed by atoms with van der Waals surface area (Å²) in [5, 5.41) is 5.60. The third-order valence-corrected chi connectivity index (χ3v) is 6.89. The topological polar surface area (TPSA) is 43.2 Å². The fraction of sp³-hybridized carbons (Fsp3) is 0.407. The number of aromatic nitrogens is 3. The Morgan fingerprint density at radius 2 is 1.97 bits per heavy atom. The molecule has 0 aliphatic heterocycles. The first kappa shape index (κ1) is 21.9. The number of hydrogen-bond donors (Lipinski definition) is 0. The molecule has 33 heavy (non-hydrogen) atoms. The maximum absolute atomic E-state index is 6.68. The van der Waals surface area contributed by atoms with Gasteiger partial charge in [0.1, 0.15) is 11.6 Å². The minimum atomic E-state index is 0.144. The zero-order valence-corrected chi connectivity index (χ0v) is 19.9. The number of terminal acetylenes is 1. The van der Waals surface area contributed by atoms with Crippen molar-refractivity contribution in [3.05, 3.63) is 64.4 Å². The summed E-state index contributed by atoms with van der Waals surface area (Å²) in [5.74, 6) is 6.38. The van der Waals surface area contributed by atoms with Crippen LogP contribution in [0.2, 0.25) is 5.02 Å². The monoisotopic (exact) mass is 460 g/mol. The third-order valence-electron chi connectivity index (χ3n) is 6.59. The lowest BCUT2D eigenvalue weighted by Crippen LogP contribution is -2.30. The Morgan fingerprint density at radius 1 is 1.21 bits per heavy atom. The second kappa shape index (κ2) is 9.11. The third kappa shape index (κ3) is 4.58. The Kier molecular flexibility index (Phi) is 6.03. The Morgan fingerprint density at radius 3 is 2.61 bits per heavy atom. The van der Waals surface area contributed by atoms with E-state index in [-0.39, 0.29) is 6.04 Å². The predicted octanol–water partition coefficient (Wildman–Crippen LogP) is 6.10. The van der Waals surface area contributed by atoms with Crippen LogP contribution in [0.15, 0.2) is 42.5 Å². The number of halogens is 1. The van der Waals surface area contributed by atoms with Crippen LogP contribution in [0.5, 0.6) is 5.75 Å². The van der Waals surface area contributed by atoms with Crippen molar-refractivity contribution in [2.75, 3.05) is 18.6 Å². The standard InChI is InChI=1S/C27H29ClN4O/c1-4-14-31(23(16-19-10-11-19)20-8-6-5-7-9-20)27-29-26(21-12-13-21)32(30-27)24-15-18(2)25(33-3)17-22(24)28/h1,5-9,15,17,19,21,23H,10-14,16H2,2-3H3. The lowest BCUT2D eigenvalue weighted by atomic mass is 9.99. The minimum Gasteiger partial charge on any atom is -0.496 e. The van der Waals surface area contributed by atoms with Gasteiger partial charge in [-0.2, -0.15) is 4.98 Å². The minimum absolute atomic E-state index is 0.144. The first-order valence-corrected chi connectivity index (χ1v) is 12.0. The number of nitrogens with zero attached hydrogens (tertiary/aromatic N) is 4. The summed E-state index contributed by atoms with van der Waals surface area (Å²) in [6.07, 6.45) is 11.7. The number of benzene rings is 2. The van der Waals surface area contributed by atoms with Crippen LogP contribution in [-0.4, -0.2) is 28.4 Å². The van der Waals surface area contributed by atoms with Crippen molar-refractivity contribution in [2.24, 2.45) is 5.92 Å². The molecule has 2 aliphatic rings. The van der Waals surface area contributed by atoms with Gasteiger partial charge in [0.15, 0.2) is 0 Å². The van der Waals surface area contributed by atoms with E-state index in [0.717, 1.165) is 48.0 Å². The maximum atomic E-state index is 6.68. The summed E-state index contributed by atoms with van der Waals surface area (Å²) in [5.41, 5.74) is 3.09. The molecule has 5 rings (SSSR count). The number of rotatable bonds is 9. The Balaban J connectivity index is 1.59. The summed E-state index contributed by atoms with van der Waals surface area (Å²) in [6.45, 7) is 2.47. The maximum Gasteiger partial charge on any atom is 0.246 e. The molecule has 0 saturated heterocycles. The number of ether oxygens (including phenoxy) is 1. The fourth-order valence-electron chi connectivity index (χ4n) is 4.45. The van der Waals surface area contributed by atoms with Crippen LogP contribution in [-0.2, 0) is 0 Å². The van der Waals surface area contributed by atoms with Crippen LogP contribution >= 0.6 is 11.6 Å². The highest BCUT2D eigenvalue weighted by molar-refractivity contribution is 6.32. The molecule has 2 fully saturated rings. The molecule has 1 heterocycles. The molecule has 3 aromatic rings. The zero-order valence-electron chi connectivity index (χ0n) is 19.2. The van der Waals surface area contributed by atoms with Gasteiger partial charge in [0.05, 0.1) is 30.4 Å². The molecular weight excluding hydrogens is 432 g/mol. The second-order valence-electron chi connectivity index (χ2n) is 9.17. The smallest absolute Gasteiger partial charge is 0.246 e. The van der Waals surface area contributed by atoms with Gasteiger partial charge in [-0.15, -0.1) is 11.5 Å². The van der Waals surface area contributed by atoms with Crippen LogP contribution in [0.4, 0.5) is 5.95 Å². The van der Waals surface area contributed by atoms with Gasteiger partial charge in [0.25, 0.3) is 0 Å². The normalized spacial score (nSPS) is 16.3. The molecule has 0 amide bonds. The predicted molar refractivity (Wildman–Crippen MR) is 132 cm³/mol. The van der Waals surface area contributed by atoms with Crippen LogP contribution < -0.4 is 9.64 Å². The molecule has 0 bridgehead atoms. The van der Waals surface area contributed by atoms with Crippen molar-refractivity contribution in [1.82, 2.24) is 14.8 Å². The molecule has 170 valence electrons. The average Bonchev–Trinajstić information content (AvgIpc) is 3.77. The molecule has 2 aromatic carbocycles. The van der Waals surface area contributed by atoms with Crippen molar-refractivity contribution in [3.8, 4) is 23.8 Å². The van der Waals surface area contributed by atoms with E-state index in [1.165, 1.54) is 18.4 Å². The average molecular weight is 461 g/mol. The van der Waals surface area contributed by atoms with Gasteiger partial charge in [0, 0.05) is 12.0 Å². The van der Waals surface area contributed by atoms with E-state index in [1.807, 2.05) is 23.7 Å². The molecule has 2 saturated carbocycles. The van der Waals surface area contributed by atoms with Crippen molar-refractivity contribution in [1.29, 1.82) is 0 Å². The zero-order chi connectivity index (χ0) is 22.9. The van der Waals surface area contributed by atoms with Gasteiger partial charge in [-0.05, 0) is 49.3 Å². The second-order valence-corrected chi connectivity index (χ2v) is 9.57. The van der Waals surface area contributed by atoms with Crippen LogP contribution in [0.3, 0.4) is 0 Å². The molecule has 0 spiro atoms. The SMILES string of the molecule is C#CCN(c1nc(C2CC2)n(-c2cc(C)c(OC)cc2Cl)n1)C(CC1CC1)c1ccccc1. The quantitative estimate of drug-likeness (QED) is 0.362. The van der Waals surface area contributed by atoms with E-state index in [1.54, 1.807) is 7.11 Å². The van der Waals surface area contributed by atoms with E-state index in [9.17, 15) is 0 Å². The van der Waals surface area contributed by atoms with Crippen LogP contribution in [0.1, 0.15) is 61.0 Å². The number of anilines is 1. The van der Waals surface area contributed by atoms with Gasteiger partial charge in [0.2, 0.25) is 5.95 Å². The molecular formula is C27H29ClN4O. The first-order chi connectivity index (χ1) is 16.1. The van der Waals surface area contributed by atoms with Crippen molar-refractivity contribution in [3.63, 3.8) is 0 Å². The summed E-state index contributed by atoms with van der Waals surface area (Å²) >= 11 is 6.68. The molecule has 6 heteroatoms. The number of methoxy groups -OCH3 is 1. The Hall–Kier alpha value is -2.97. The van der Waals surface area contributed by atoms with Crippen LogP contribution in [0.25, 0.3) is 5.69 Å². The molecule has 1 atom stereocenters. The van der Waals surface area contributed by atoms with Crippen molar-refractivity contribution in [2.45, 2.75) is 51.0 Å². The Labute approximate surface area is 200 Å². The summed E-state index contributed by atoms with van der Waals surface area (Å²) < 4.78 is 7.37. The Bertz CT molecular complexity index is 1170. The van der Waals surface area contributed by atoms with E-state index in [4.69, 9.17) is 32.8 Å².